The number of rotatable bonds is 4. The Bertz CT molecular complexity index is 1280. The second-order valence-electron chi connectivity index (χ2n) is 11.2. The highest BCUT2D eigenvalue weighted by Gasteiger charge is 2.47. The molecule has 0 saturated carbocycles. The molecule has 0 spiro atoms. The number of nitrogens with one attached hydrogen (secondary N) is 2. The lowest BCUT2D eigenvalue weighted by molar-refractivity contribution is 0.00514. The number of benzene rings is 1. The van der Waals surface area contributed by atoms with Crippen LogP contribution in [0.5, 0.6) is 5.75 Å². The van der Waals surface area contributed by atoms with Gasteiger partial charge in [-0.25, -0.2) is 19.3 Å². The van der Waals surface area contributed by atoms with Crippen molar-refractivity contribution >= 4 is 23.1 Å². The zero-order chi connectivity index (χ0) is 24.9. The highest BCUT2D eigenvalue weighted by atomic mass is 19.1. The topological polar surface area (TPSA) is 78.4 Å². The van der Waals surface area contributed by atoms with Crippen molar-refractivity contribution < 1.29 is 9.13 Å². The number of pyridine rings is 1. The molecule has 2 unspecified atom stereocenters. The maximum absolute atomic E-state index is 15.4. The fraction of sp³-hybridized carbons (Fsp3) is 0.444. The number of nitrogens with zero attached hydrogens (tertiary/aromatic N) is 5. The van der Waals surface area contributed by atoms with Gasteiger partial charge in [0.05, 0.1) is 17.9 Å². The van der Waals surface area contributed by atoms with E-state index in [-0.39, 0.29) is 16.6 Å². The van der Waals surface area contributed by atoms with Crippen molar-refractivity contribution in [3.05, 3.63) is 48.5 Å². The molecule has 5 heterocycles. The second kappa shape index (κ2) is 8.58. The van der Waals surface area contributed by atoms with Crippen molar-refractivity contribution in [2.24, 2.45) is 10.8 Å². The van der Waals surface area contributed by atoms with Crippen LogP contribution in [0.4, 0.5) is 27.5 Å². The van der Waals surface area contributed by atoms with E-state index in [9.17, 15) is 0 Å². The van der Waals surface area contributed by atoms with Crippen molar-refractivity contribution in [2.75, 3.05) is 61.9 Å². The summed E-state index contributed by atoms with van der Waals surface area (Å²) in [6.45, 7) is 9.78. The van der Waals surface area contributed by atoms with Crippen molar-refractivity contribution in [1.29, 1.82) is 0 Å². The number of hydrogen-bond acceptors (Lipinski definition) is 8. The number of ether oxygens (including phenoxy) is 1. The SMILES string of the molecule is CN1CC2(C)CN(c3ccc(Nc4nccc(-c5cnc6c(c5)OCCN6)n4)cc3F)CC(C)(C1)C2. The van der Waals surface area contributed by atoms with Crippen LogP contribution in [0.15, 0.2) is 42.7 Å². The molecule has 3 aromatic rings. The summed E-state index contributed by atoms with van der Waals surface area (Å²) >= 11 is 0. The maximum Gasteiger partial charge on any atom is 0.227 e. The molecule has 3 aliphatic heterocycles. The molecule has 1 aromatic carbocycles. The standard InChI is InChI=1S/C27H32FN7O/c1-26-13-27(2,15-34(3)14-26)17-35(16-26)22-5-4-19(11-20(22)28)32-25-30-7-6-21(33-25)18-10-23-24(31-12-18)29-8-9-36-23/h4-7,10-12H,8-9,13-17H2,1-3H3,(H,29,31)(H,30,32,33). The van der Waals surface area contributed by atoms with Gasteiger partial charge in [0.2, 0.25) is 5.95 Å². The highest BCUT2D eigenvalue weighted by Crippen LogP contribution is 2.46. The Kier molecular flexibility index (Phi) is 5.48. The van der Waals surface area contributed by atoms with Crippen LogP contribution < -0.4 is 20.3 Å². The van der Waals surface area contributed by atoms with Gasteiger partial charge in [-0.05, 0) is 54.6 Å². The summed E-state index contributed by atoms with van der Waals surface area (Å²) in [4.78, 5) is 18.0. The summed E-state index contributed by atoms with van der Waals surface area (Å²) in [5.74, 6) is 1.60. The summed E-state index contributed by atoms with van der Waals surface area (Å²) in [6, 6.07) is 9.04. The average Bonchev–Trinajstić information content (AvgIpc) is 2.82. The zero-order valence-electron chi connectivity index (χ0n) is 21.0. The van der Waals surface area contributed by atoms with E-state index in [0.29, 0.717) is 35.4 Å². The first-order valence-corrected chi connectivity index (χ1v) is 12.5. The molecule has 188 valence electrons. The first-order chi connectivity index (χ1) is 17.3. The predicted molar refractivity (Wildman–Crippen MR) is 139 cm³/mol. The van der Waals surface area contributed by atoms with Crippen LogP contribution in [0.3, 0.4) is 0 Å². The Labute approximate surface area is 210 Å². The summed E-state index contributed by atoms with van der Waals surface area (Å²) in [6.07, 6.45) is 4.62. The molecular formula is C27H32FN7O. The maximum atomic E-state index is 15.4. The minimum Gasteiger partial charge on any atom is -0.488 e. The number of fused-ring (bicyclic) bond motifs is 3. The number of halogens is 1. The first-order valence-electron chi connectivity index (χ1n) is 12.5. The van der Waals surface area contributed by atoms with E-state index in [4.69, 9.17) is 4.74 Å². The van der Waals surface area contributed by atoms with E-state index >= 15 is 4.39 Å². The molecule has 6 rings (SSSR count). The number of hydrogen-bond donors (Lipinski definition) is 2. The lowest BCUT2D eigenvalue weighted by Crippen LogP contribution is -2.61. The van der Waals surface area contributed by atoms with Crippen molar-refractivity contribution in [1.82, 2.24) is 19.9 Å². The first kappa shape index (κ1) is 23.0. The van der Waals surface area contributed by atoms with Gasteiger partial charge >= 0.3 is 0 Å². The Balaban J connectivity index is 1.21. The van der Waals surface area contributed by atoms with Crippen molar-refractivity contribution in [3.8, 4) is 17.0 Å². The van der Waals surface area contributed by atoms with Crippen molar-refractivity contribution in [2.45, 2.75) is 20.3 Å². The van der Waals surface area contributed by atoms with Gasteiger partial charge in [0.1, 0.15) is 12.4 Å². The zero-order valence-corrected chi connectivity index (χ0v) is 21.0. The quantitative estimate of drug-likeness (QED) is 0.559. The second-order valence-corrected chi connectivity index (χ2v) is 11.2. The van der Waals surface area contributed by atoms with E-state index in [0.717, 1.165) is 44.1 Å². The van der Waals surface area contributed by atoms with Crippen LogP contribution in [-0.2, 0) is 0 Å². The van der Waals surface area contributed by atoms with Crippen LogP contribution in [-0.4, -0.2) is 66.2 Å². The van der Waals surface area contributed by atoms with Gasteiger partial charge in [0.25, 0.3) is 0 Å². The van der Waals surface area contributed by atoms with E-state index in [1.165, 1.54) is 12.5 Å². The average molecular weight is 490 g/mol. The normalized spacial score (nSPS) is 25.5. The van der Waals surface area contributed by atoms with E-state index < -0.39 is 0 Å². The molecule has 2 saturated heterocycles. The lowest BCUT2D eigenvalue weighted by Gasteiger charge is -2.56. The van der Waals surface area contributed by atoms with Gasteiger partial charge in [-0.3, -0.25) is 0 Å². The van der Waals surface area contributed by atoms with E-state index in [1.807, 2.05) is 24.3 Å². The largest absolute Gasteiger partial charge is 0.488 e. The molecule has 3 aliphatic rings. The molecule has 8 nitrogen and oxygen atoms in total. The molecule has 0 radical (unpaired) electrons. The third-order valence-corrected chi connectivity index (χ3v) is 7.30. The summed E-state index contributed by atoms with van der Waals surface area (Å²) in [5.41, 5.74) is 3.12. The van der Waals surface area contributed by atoms with Crippen LogP contribution in [0.1, 0.15) is 20.3 Å². The molecule has 2 N–H and O–H groups in total. The smallest absolute Gasteiger partial charge is 0.227 e. The monoisotopic (exact) mass is 489 g/mol. The third-order valence-electron chi connectivity index (χ3n) is 7.30. The molecule has 0 aliphatic carbocycles. The number of aromatic nitrogens is 3. The molecule has 9 heteroatoms. The molecular weight excluding hydrogens is 457 g/mol. The fourth-order valence-corrected chi connectivity index (χ4v) is 6.57. The summed E-state index contributed by atoms with van der Waals surface area (Å²) < 4.78 is 21.1. The number of likely N-dealkylation sites (tertiary alicyclic amines) is 1. The summed E-state index contributed by atoms with van der Waals surface area (Å²) in [7, 11) is 2.19. The molecule has 2 aromatic heterocycles. The van der Waals surface area contributed by atoms with Crippen LogP contribution >= 0.6 is 0 Å². The highest BCUT2D eigenvalue weighted by molar-refractivity contribution is 5.67. The molecule has 0 amide bonds. The molecule has 2 atom stereocenters. The Morgan fingerprint density at radius 3 is 2.64 bits per heavy atom. The minimum absolute atomic E-state index is 0.157. The fourth-order valence-electron chi connectivity index (χ4n) is 6.57. The predicted octanol–water partition coefficient (Wildman–Crippen LogP) is 4.39. The van der Waals surface area contributed by atoms with E-state index in [1.54, 1.807) is 12.4 Å². The summed E-state index contributed by atoms with van der Waals surface area (Å²) in [5, 5.41) is 6.37. The third kappa shape index (κ3) is 4.43. The molecule has 2 bridgehead atoms. The molecule has 2 fully saturated rings. The van der Waals surface area contributed by atoms with E-state index in [2.05, 4.69) is 56.3 Å². The number of anilines is 4. The van der Waals surface area contributed by atoms with Gasteiger partial charge in [-0.15, -0.1) is 0 Å². The molecule has 36 heavy (non-hydrogen) atoms. The van der Waals surface area contributed by atoms with Gasteiger partial charge in [-0.1, -0.05) is 13.8 Å². The Hall–Kier alpha value is -3.46. The Morgan fingerprint density at radius 2 is 1.86 bits per heavy atom. The van der Waals surface area contributed by atoms with Crippen LogP contribution in [0, 0.1) is 16.6 Å². The number of piperidine rings is 2. The van der Waals surface area contributed by atoms with Gasteiger partial charge in [-0.2, -0.15) is 0 Å². The van der Waals surface area contributed by atoms with Crippen LogP contribution in [0.25, 0.3) is 11.3 Å². The van der Waals surface area contributed by atoms with Crippen molar-refractivity contribution in [3.63, 3.8) is 0 Å². The van der Waals surface area contributed by atoms with Gasteiger partial charge < -0.3 is 25.2 Å². The van der Waals surface area contributed by atoms with Crippen LogP contribution in [0.2, 0.25) is 0 Å². The Morgan fingerprint density at radius 1 is 1.06 bits per heavy atom. The van der Waals surface area contributed by atoms with Gasteiger partial charge in [0, 0.05) is 49.8 Å². The minimum atomic E-state index is -0.236. The van der Waals surface area contributed by atoms with Gasteiger partial charge in [0.15, 0.2) is 11.6 Å². The lowest BCUT2D eigenvalue weighted by atomic mass is 9.65.